The van der Waals surface area contributed by atoms with E-state index in [1.54, 1.807) is 0 Å². The highest BCUT2D eigenvalue weighted by Crippen LogP contribution is 2.41. The van der Waals surface area contributed by atoms with Crippen LogP contribution in [0.15, 0.2) is 0 Å². The lowest BCUT2D eigenvalue weighted by Gasteiger charge is -1.90. The lowest BCUT2D eigenvalue weighted by Crippen LogP contribution is -2.09. The molecule has 2 rings (SSSR count). The average molecular weight is 113 g/mol. The summed E-state index contributed by atoms with van der Waals surface area (Å²) in [6.07, 6.45) is 1.61. The van der Waals surface area contributed by atoms with Gasteiger partial charge in [-0.25, -0.2) is 0 Å². The van der Waals surface area contributed by atoms with Crippen molar-refractivity contribution in [1.29, 1.82) is 0 Å². The van der Waals surface area contributed by atoms with Crippen molar-refractivity contribution >= 4 is 5.91 Å². The number of hydrogen-bond donors (Lipinski definition) is 1. The van der Waals surface area contributed by atoms with Crippen LogP contribution in [-0.4, -0.2) is 28.2 Å². The third-order valence-corrected chi connectivity index (χ3v) is 1.89. The number of carbonyl (C=O) groups excluding carboxylic acids is 1. The fourth-order valence-corrected chi connectivity index (χ4v) is 1.31. The molecule has 0 radical (unpaired) electrons. The molecule has 44 valence electrons. The standard InChI is InChI=1S/C5H7NO2/c7-4-5(8)2-1-3-6(4)5/h8H,1-3H2. The van der Waals surface area contributed by atoms with Crippen molar-refractivity contribution in [2.24, 2.45) is 0 Å². The molecule has 3 heteroatoms. The number of hydrogen-bond acceptors (Lipinski definition) is 2. The molecule has 0 aromatic rings. The molecule has 3 nitrogen and oxygen atoms in total. The van der Waals surface area contributed by atoms with Crippen LogP contribution in [0, 0.1) is 0 Å². The summed E-state index contributed by atoms with van der Waals surface area (Å²) < 4.78 is 0. The molecule has 1 N–H and O–H groups in total. The Labute approximate surface area is 46.9 Å². The maximum Gasteiger partial charge on any atom is 0.278 e. The average Bonchev–Trinajstić information content (AvgIpc) is 2.23. The first-order valence-electron chi connectivity index (χ1n) is 2.79. The second-order valence-electron chi connectivity index (χ2n) is 2.38. The van der Waals surface area contributed by atoms with Gasteiger partial charge in [-0.15, -0.1) is 0 Å². The van der Waals surface area contributed by atoms with E-state index < -0.39 is 5.72 Å². The fourth-order valence-electron chi connectivity index (χ4n) is 1.31. The van der Waals surface area contributed by atoms with Crippen LogP contribution >= 0.6 is 0 Å². The predicted octanol–water partition coefficient (Wildman–Crippen LogP) is -0.689. The number of aliphatic hydroxyl groups is 1. The van der Waals surface area contributed by atoms with Crippen LogP contribution in [0.25, 0.3) is 0 Å². The number of nitrogens with zero attached hydrogens (tertiary/aromatic N) is 1. The summed E-state index contributed by atoms with van der Waals surface area (Å²) in [7, 11) is 0. The van der Waals surface area contributed by atoms with Crippen molar-refractivity contribution in [1.82, 2.24) is 4.90 Å². The van der Waals surface area contributed by atoms with Gasteiger partial charge in [0.15, 0.2) is 0 Å². The first-order chi connectivity index (χ1) is 3.75. The van der Waals surface area contributed by atoms with Gasteiger partial charge in [-0.1, -0.05) is 0 Å². The molecule has 0 aromatic heterocycles. The summed E-state index contributed by atoms with van der Waals surface area (Å²) >= 11 is 0. The SMILES string of the molecule is O=C1N2CCCC12O. The second kappa shape index (κ2) is 0.910. The Bertz CT molecular complexity index is 157. The van der Waals surface area contributed by atoms with Gasteiger partial charge in [0.2, 0.25) is 5.72 Å². The van der Waals surface area contributed by atoms with Crippen molar-refractivity contribution in [2.45, 2.75) is 18.6 Å². The number of carbonyl (C=O) groups is 1. The second-order valence-corrected chi connectivity index (χ2v) is 2.38. The lowest BCUT2D eigenvalue weighted by atomic mass is 10.2. The maximum atomic E-state index is 10.5. The summed E-state index contributed by atoms with van der Waals surface area (Å²) in [6, 6.07) is 0. The molecule has 1 unspecified atom stereocenters. The minimum atomic E-state index is -0.986. The van der Waals surface area contributed by atoms with Crippen molar-refractivity contribution in [3.05, 3.63) is 0 Å². The Morgan fingerprint density at radius 3 is 2.75 bits per heavy atom. The van der Waals surface area contributed by atoms with Crippen LogP contribution < -0.4 is 0 Å². The first-order valence-corrected chi connectivity index (χ1v) is 2.79. The van der Waals surface area contributed by atoms with Crippen LogP contribution in [0.3, 0.4) is 0 Å². The summed E-state index contributed by atoms with van der Waals surface area (Å²) in [6.45, 7) is 0.759. The molecule has 8 heavy (non-hydrogen) atoms. The number of amides is 1. The van der Waals surface area contributed by atoms with Crippen LogP contribution in [-0.2, 0) is 4.79 Å². The number of piperidine rings is 1. The summed E-state index contributed by atoms with van der Waals surface area (Å²) in [5.41, 5.74) is -0.986. The van der Waals surface area contributed by atoms with E-state index in [-0.39, 0.29) is 5.91 Å². The van der Waals surface area contributed by atoms with Gasteiger partial charge in [0.05, 0.1) is 0 Å². The quantitative estimate of drug-likeness (QED) is 0.422. The van der Waals surface area contributed by atoms with E-state index in [9.17, 15) is 4.79 Å². The monoisotopic (exact) mass is 113 g/mol. The minimum Gasteiger partial charge on any atom is -0.363 e. The van der Waals surface area contributed by atoms with Gasteiger partial charge in [-0.3, -0.25) is 4.79 Å². The van der Waals surface area contributed by atoms with Gasteiger partial charge in [-0.2, -0.15) is 0 Å². The van der Waals surface area contributed by atoms with E-state index >= 15 is 0 Å². The van der Waals surface area contributed by atoms with Gasteiger partial charge < -0.3 is 10.0 Å². The van der Waals surface area contributed by atoms with E-state index in [2.05, 4.69) is 0 Å². The molecule has 2 aliphatic heterocycles. The van der Waals surface area contributed by atoms with Crippen LogP contribution in [0.5, 0.6) is 0 Å². The van der Waals surface area contributed by atoms with E-state index in [1.165, 1.54) is 4.90 Å². The van der Waals surface area contributed by atoms with E-state index in [1.807, 2.05) is 0 Å². The Morgan fingerprint density at radius 1 is 1.75 bits per heavy atom. The third kappa shape index (κ3) is 0.255. The molecule has 0 bridgehead atoms. The van der Waals surface area contributed by atoms with Gasteiger partial charge in [-0.05, 0) is 6.42 Å². The highest BCUT2D eigenvalue weighted by atomic mass is 16.4. The van der Waals surface area contributed by atoms with Crippen LogP contribution in [0.4, 0.5) is 0 Å². The first kappa shape index (κ1) is 4.32. The Balaban J connectivity index is 2.29. The number of fused-ring (bicyclic) bond motifs is 1. The number of rotatable bonds is 0. The Hall–Kier alpha value is -0.570. The van der Waals surface area contributed by atoms with Crippen molar-refractivity contribution in [2.75, 3.05) is 6.54 Å². The van der Waals surface area contributed by atoms with Crippen molar-refractivity contribution < 1.29 is 9.90 Å². The molecule has 1 amide bonds. The van der Waals surface area contributed by atoms with Crippen molar-refractivity contribution in [3.63, 3.8) is 0 Å². The molecule has 0 spiro atoms. The van der Waals surface area contributed by atoms with Crippen LogP contribution in [0.1, 0.15) is 12.8 Å². The molecule has 2 fully saturated rings. The summed E-state index contributed by atoms with van der Waals surface area (Å²) in [5, 5.41) is 9.11. The van der Waals surface area contributed by atoms with Gasteiger partial charge in [0.25, 0.3) is 5.91 Å². The van der Waals surface area contributed by atoms with E-state index in [0.717, 1.165) is 13.0 Å². The Kier molecular flexibility index (Phi) is 0.492. The van der Waals surface area contributed by atoms with E-state index in [4.69, 9.17) is 5.11 Å². The van der Waals surface area contributed by atoms with E-state index in [0.29, 0.717) is 6.42 Å². The molecule has 0 aromatic carbocycles. The topological polar surface area (TPSA) is 40.3 Å². The summed E-state index contributed by atoms with van der Waals surface area (Å²) in [5.74, 6) is -0.0799. The molecule has 0 saturated carbocycles. The van der Waals surface area contributed by atoms with Gasteiger partial charge in [0.1, 0.15) is 0 Å². The van der Waals surface area contributed by atoms with Crippen LogP contribution in [0.2, 0.25) is 0 Å². The molecular weight excluding hydrogens is 106 g/mol. The largest absolute Gasteiger partial charge is 0.363 e. The highest BCUT2D eigenvalue weighted by Gasteiger charge is 2.64. The lowest BCUT2D eigenvalue weighted by molar-refractivity contribution is -0.117. The smallest absolute Gasteiger partial charge is 0.278 e. The summed E-state index contributed by atoms with van der Waals surface area (Å²) in [4.78, 5) is 12.0. The molecule has 2 heterocycles. The molecular formula is C5H7NO2. The maximum absolute atomic E-state index is 10.5. The van der Waals surface area contributed by atoms with Gasteiger partial charge in [0, 0.05) is 13.0 Å². The fraction of sp³-hybridized carbons (Fsp3) is 0.800. The predicted molar refractivity (Wildman–Crippen MR) is 25.9 cm³/mol. The Morgan fingerprint density at radius 2 is 2.50 bits per heavy atom. The zero-order chi connectivity index (χ0) is 5.78. The van der Waals surface area contributed by atoms with Crippen molar-refractivity contribution in [3.8, 4) is 0 Å². The molecule has 2 saturated heterocycles. The molecule has 1 atom stereocenters. The normalized spacial score (nSPS) is 42.6. The zero-order valence-corrected chi connectivity index (χ0v) is 4.42. The van der Waals surface area contributed by atoms with Gasteiger partial charge >= 0.3 is 0 Å². The third-order valence-electron chi connectivity index (χ3n) is 1.89. The molecule has 0 aliphatic carbocycles. The molecule has 2 aliphatic rings. The minimum absolute atomic E-state index is 0.0799. The zero-order valence-electron chi connectivity index (χ0n) is 4.42. The highest BCUT2D eigenvalue weighted by molar-refractivity contribution is 6.00.